The summed E-state index contributed by atoms with van der Waals surface area (Å²) < 4.78 is 0. The fraction of sp³-hybridized carbons (Fsp3) is 0.615. The van der Waals surface area contributed by atoms with Crippen molar-refractivity contribution in [3.63, 3.8) is 0 Å². The van der Waals surface area contributed by atoms with Crippen LogP contribution < -0.4 is 27.4 Å². The summed E-state index contributed by atoms with van der Waals surface area (Å²) in [6.45, 7) is 4.18. The van der Waals surface area contributed by atoms with Crippen LogP contribution >= 0.6 is 11.8 Å². The Labute approximate surface area is 228 Å². The van der Waals surface area contributed by atoms with E-state index in [2.05, 4.69) is 16.0 Å². The van der Waals surface area contributed by atoms with Crippen LogP contribution in [0.15, 0.2) is 24.3 Å². The highest BCUT2D eigenvalue weighted by molar-refractivity contribution is 7.98. The Bertz CT molecular complexity index is 901. The number of carbonyl (C=O) groups excluding carboxylic acids is 3. The van der Waals surface area contributed by atoms with Gasteiger partial charge in [-0.15, -0.1) is 0 Å². The monoisotopic (exact) mass is 553 g/mol. The molecule has 1 aromatic rings. The molecule has 214 valence electrons. The number of rotatable bonds is 18. The first-order valence-corrected chi connectivity index (χ1v) is 14.3. The summed E-state index contributed by atoms with van der Waals surface area (Å²) in [5.41, 5.74) is 12.2. The molecule has 11 nitrogen and oxygen atoms in total. The van der Waals surface area contributed by atoms with E-state index >= 15 is 0 Å². The Balaban J connectivity index is 3.13. The van der Waals surface area contributed by atoms with Crippen molar-refractivity contribution in [2.45, 2.75) is 76.5 Å². The van der Waals surface area contributed by atoms with Gasteiger partial charge < -0.3 is 37.6 Å². The predicted molar refractivity (Wildman–Crippen MR) is 149 cm³/mol. The van der Waals surface area contributed by atoms with Gasteiger partial charge in [0.25, 0.3) is 0 Å². The highest BCUT2D eigenvalue weighted by Gasteiger charge is 2.31. The number of thioether (sulfide) groups is 1. The standard InChI is InChI=1S/C26H43N5O6S/c1-4-16(2)22(28)25(35)29-19(12-14-38-3)23(33)31-21(15-17-8-10-18(32)11-9-17)24(34)30-20(26(36)37)7-5-6-13-27/h8-11,16,19-22,32H,4-7,12-15,27-28H2,1-3H3,(H,29,35)(H,30,34)(H,31,33)(H,36,37). The molecule has 1 aromatic carbocycles. The number of aromatic hydroxyl groups is 1. The minimum absolute atomic E-state index is 0.0436. The second-order valence-electron chi connectivity index (χ2n) is 9.37. The number of amides is 3. The maximum atomic E-state index is 13.3. The van der Waals surface area contributed by atoms with Gasteiger partial charge in [0.15, 0.2) is 0 Å². The molecule has 0 aliphatic rings. The Hall–Kier alpha value is -2.83. The van der Waals surface area contributed by atoms with Crippen LogP contribution in [0, 0.1) is 5.92 Å². The van der Waals surface area contributed by atoms with Crippen LogP contribution in [0.3, 0.4) is 0 Å². The number of carboxylic acids is 1. The summed E-state index contributed by atoms with van der Waals surface area (Å²) in [7, 11) is 0. The van der Waals surface area contributed by atoms with E-state index in [-0.39, 0.29) is 24.5 Å². The van der Waals surface area contributed by atoms with E-state index in [1.165, 1.54) is 23.9 Å². The topological polar surface area (TPSA) is 197 Å². The lowest BCUT2D eigenvalue weighted by atomic mass is 9.99. The molecule has 1 rings (SSSR count). The highest BCUT2D eigenvalue weighted by Crippen LogP contribution is 2.13. The fourth-order valence-corrected chi connectivity index (χ4v) is 4.13. The van der Waals surface area contributed by atoms with E-state index in [4.69, 9.17) is 11.5 Å². The third-order valence-corrected chi connectivity index (χ3v) is 7.02. The summed E-state index contributed by atoms with van der Waals surface area (Å²) in [6, 6.07) is 2.14. The van der Waals surface area contributed by atoms with Crippen LogP contribution in [0.1, 0.15) is 51.5 Å². The number of carboxylic acid groups (broad SMARTS) is 1. The van der Waals surface area contributed by atoms with Crippen molar-refractivity contribution < 1.29 is 29.4 Å². The second-order valence-corrected chi connectivity index (χ2v) is 10.4. The van der Waals surface area contributed by atoms with Crippen molar-refractivity contribution >= 4 is 35.5 Å². The normalized spacial score (nSPS) is 15.0. The highest BCUT2D eigenvalue weighted by atomic mass is 32.2. The molecule has 38 heavy (non-hydrogen) atoms. The molecule has 5 unspecified atom stereocenters. The third kappa shape index (κ3) is 11.7. The number of hydrogen-bond acceptors (Lipinski definition) is 8. The number of benzene rings is 1. The summed E-state index contributed by atoms with van der Waals surface area (Å²) in [4.78, 5) is 51.0. The molecule has 3 amide bonds. The van der Waals surface area contributed by atoms with Crippen molar-refractivity contribution in [1.82, 2.24) is 16.0 Å². The molecule has 9 N–H and O–H groups in total. The largest absolute Gasteiger partial charge is 0.508 e. The van der Waals surface area contributed by atoms with Gasteiger partial charge >= 0.3 is 5.97 Å². The average Bonchev–Trinajstić information content (AvgIpc) is 2.89. The maximum absolute atomic E-state index is 13.3. The Morgan fingerprint density at radius 3 is 2.05 bits per heavy atom. The number of aliphatic carboxylic acids is 1. The molecule has 0 fully saturated rings. The number of hydrogen-bond donors (Lipinski definition) is 7. The van der Waals surface area contributed by atoms with Gasteiger partial charge in [-0.05, 0) is 67.9 Å². The molecular formula is C26H43N5O6S. The van der Waals surface area contributed by atoms with Crippen molar-refractivity contribution in [2.24, 2.45) is 17.4 Å². The molecule has 0 radical (unpaired) electrons. The van der Waals surface area contributed by atoms with Crippen LogP contribution in [0.5, 0.6) is 5.75 Å². The zero-order chi connectivity index (χ0) is 28.7. The van der Waals surface area contributed by atoms with E-state index in [1.807, 2.05) is 20.1 Å². The first-order chi connectivity index (χ1) is 18.0. The fourth-order valence-electron chi connectivity index (χ4n) is 3.66. The average molecular weight is 554 g/mol. The first kappa shape index (κ1) is 33.2. The van der Waals surface area contributed by atoms with Gasteiger partial charge in [0.2, 0.25) is 17.7 Å². The van der Waals surface area contributed by atoms with Crippen LogP contribution in [-0.2, 0) is 25.6 Å². The SMILES string of the molecule is CCC(C)C(N)C(=O)NC(CCSC)C(=O)NC(Cc1ccc(O)cc1)C(=O)NC(CCCCN)C(=O)O. The van der Waals surface area contributed by atoms with Gasteiger partial charge in [0.1, 0.15) is 23.9 Å². The van der Waals surface area contributed by atoms with Gasteiger partial charge in [-0.1, -0.05) is 32.4 Å². The minimum Gasteiger partial charge on any atom is -0.508 e. The maximum Gasteiger partial charge on any atom is 0.326 e. The van der Waals surface area contributed by atoms with Crippen molar-refractivity contribution in [1.29, 1.82) is 0 Å². The van der Waals surface area contributed by atoms with E-state index in [9.17, 15) is 29.4 Å². The molecule has 0 spiro atoms. The quantitative estimate of drug-likeness (QED) is 0.128. The Kier molecular flexibility index (Phi) is 15.4. The van der Waals surface area contributed by atoms with Crippen LogP contribution in [0.25, 0.3) is 0 Å². The van der Waals surface area contributed by atoms with E-state index < -0.39 is 47.9 Å². The van der Waals surface area contributed by atoms with E-state index in [0.717, 1.165) is 0 Å². The predicted octanol–water partition coefficient (Wildman–Crippen LogP) is 0.729. The molecule has 12 heteroatoms. The number of nitrogens with two attached hydrogens (primary N) is 2. The molecule has 0 aliphatic heterocycles. The van der Waals surface area contributed by atoms with Crippen molar-refractivity contribution in [2.75, 3.05) is 18.6 Å². The van der Waals surface area contributed by atoms with Crippen LogP contribution in [-0.4, -0.2) is 76.6 Å². The van der Waals surface area contributed by atoms with Crippen LogP contribution in [0.4, 0.5) is 0 Å². The van der Waals surface area contributed by atoms with Gasteiger partial charge in [-0.25, -0.2) is 4.79 Å². The second kappa shape index (κ2) is 17.6. The molecular weight excluding hydrogens is 510 g/mol. The Morgan fingerprint density at radius 2 is 1.50 bits per heavy atom. The molecule has 0 saturated carbocycles. The lowest BCUT2D eigenvalue weighted by Gasteiger charge is -2.26. The van der Waals surface area contributed by atoms with Crippen molar-refractivity contribution in [3.05, 3.63) is 29.8 Å². The molecule has 5 atom stereocenters. The van der Waals surface area contributed by atoms with E-state index in [0.29, 0.717) is 43.5 Å². The molecule has 0 aliphatic carbocycles. The molecule has 0 bridgehead atoms. The molecule has 0 saturated heterocycles. The number of unbranched alkanes of at least 4 members (excludes halogenated alkanes) is 1. The third-order valence-electron chi connectivity index (χ3n) is 6.37. The first-order valence-electron chi connectivity index (χ1n) is 12.9. The Morgan fingerprint density at radius 1 is 0.921 bits per heavy atom. The van der Waals surface area contributed by atoms with E-state index in [1.54, 1.807) is 12.1 Å². The number of nitrogens with one attached hydrogen (secondary N) is 3. The number of phenols is 1. The number of carbonyl (C=O) groups is 4. The van der Waals surface area contributed by atoms with Crippen molar-refractivity contribution in [3.8, 4) is 5.75 Å². The minimum atomic E-state index is -1.19. The van der Waals surface area contributed by atoms with Gasteiger partial charge in [0.05, 0.1) is 6.04 Å². The summed E-state index contributed by atoms with van der Waals surface area (Å²) in [5, 5.41) is 27.1. The number of phenolic OH excluding ortho intramolecular Hbond substituents is 1. The molecule has 0 heterocycles. The zero-order valence-corrected chi connectivity index (χ0v) is 23.3. The summed E-state index contributed by atoms with van der Waals surface area (Å²) in [5.74, 6) is -2.34. The van der Waals surface area contributed by atoms with Gasteiger partial charge in [0, 0.05) is 6.42 Å². The lowest BCUT2D eigenvalue weighted by Crippen LogP contribution is -2.58. The van der Waals surface area contributed by atoms with Gasteiger partial charge in [-0.2, -0.15) is 11.8 Å². The summed E-state index contributed by atoms with van der Waals surface area (Å²) >= 11 is 1.50. The zero-order valence-electron chi connectivity index (χ0n) is 22.4. The van der Waals surface area contributed by atoms with Gasteiger partial charge in [-0.3, -0.25) is 14.4 Å². The summed E-state index contributed by atoms with van der Waals surface area (Å²) in [6.07, 6.45) is 4.25. The van der Waals surface area contributed by atoms with Crippen LogP contribution in [0.2, 0.25) is 0 Å². The lowest BCUT2D eigenvalue weighted by molar-refractivity contribution is -0.142. The smallest absolute Gasteiger partial charge is 0.326 e. The molecule has 0 aromatic heterocycles.